The molecule has 0 aromatic carbocycles. The first-order chi connectivity index (χ1) is 6.22. The fourth-order valence-electron chi connectivity index (χ4n) is 0.898. The van der Waals surface area contributed by atoms with Gasteiger partial charge in [0.25, 0.3) is 0 Å². The maximum Gasteiger partial charge on any atom is 0.321 e. The lowest BCUT2D eigenvalue weighted by molar-refractivity contribution is 0.419. The molecule has 1 heterocycles. The number of nitrogens with one attached hydrogen (secondary N) is 2. The molecule has 2 N–H and O–H groups in total. The van der Waals surface area contributed by atoms with Gasteiger partial charge in [-0.2, -0.15) is 4.98 Å². The Bertz CT molecular complexity index is 246. The Labute approximate surface area is 77.9 Å². The van der Waals surface area contributed by atoms with Crippen LogP contribution in [0.5, 0.6) is 0 Å². The van der Waals surface area contributed by atoms with E-state index >= 15 is 0 Å². The number of nitrogens with zero attached hydrogens (tertiary/aromatic N) is 2. The summed E-state index contributed by atoms with van der Waals surface area (Å²) in [4.78, 5) is 4.16. The van der Waals surface area contributed by atoms with Crippen LogP contribution in [0, 0.1) is 0 Å². The Morgan fingerprint density at radius 3 is 2.85 bits per heavy atom. The first kappa shape index (κ1) is 9.98. The fourth-order valence-corrected chi connectivity index (χ4v) is 0.898. The second-order valence-electron chi connectivity index (χ2n) is 3.17. The van der Waals surface area contributed by atoms with E-state index in [0.29, 0.717) is 12.1 Å². The van der Waals surface area contributed by atoms with Gasteiger partial charge in [-0.3, -0.25) is 0 Å². The van der Waals surface area contributed by atoms with Crippen molar-refractivity contribution >= 4 is 6.01 Å². The van der Waals surface area contributed by atoms with E-state index in [0.717, 1.165) is 18.8 Å². The molecule has 0 radical (unpaired) electrons. The van der Waals surface area contributed by atoms with E-state index in [-0.39, 0.29) is 0 Å². The molecule has 0 spiro atoms. The smallest absolute Gasteiger partial charge is 0.321 e. The third-order valence-corrected chi connectivity index (χ3v) is 1.48. The summed E-state index contributed by atoms with van der Waals surface area (Å²) in [6, 6.07) is 0.818. The first-order valence-corrected chi connectivity index (χ1v) is 4.46. The predicted octanol–water partition coefficient (Wildman–Crippen LogP) is 0.652. The van der Waals surface area contributed by atoms with Gasteiger partial charge >= 0.3 is 6.01 Å². The van der Waals surface area contributed by atoms with Crippen molar-refractivity contribution in [3.05, 3.63) is 5.82 Å². The van der Waals surface area contributed by atoms with E-state index in [4.69, 9.17) is 4.52 Å². The molecular weight excluding hydrogens is 168 g/mol. The monoisotopic (exact) mass is 184 g/mol. The molecule has 0 aliphatic rings. The normalized spacial score (nSPS) is 10.8. The molecule has 0 aliphatic carbocycles. The highest BCUT2D eigenvalue weighted by atomic mass is 16.5. The Morgan fingerprint density at radius 1 is 1.46 bits per heavy atom. The van der Waals surface area contributed by atoms with Gasteiger partial charge in [-0.15, -0.1) is 0 Å². The minimum atomic E-state index is 0.317. The van der Waals surface area contributed by atoms with Crippen LogP contribution in [0.15, 0.2) is 4.52 Å². The topological polar surface area (TPSA) is 63.0 Å². The molecule has 1 aromatic heterocycles. The Balaban J connectivity index is 2.44. The average molecular weight is 184 g/mol. The zero-order valence-corrected chi connectivity index (χ0v) is 8.29. The summed E-state index contributed by atoms with van der Waals surface area (Å²) in [6.45, 7) is 4.91. The third kappa shape index (κ3) is 3.42. The molecule has 13 heavy (non-hydrogen) atoms. The summed E-state index contributed by atoms with van der Waals surface area (Å²) in [6.07, 6.45) is 0.791. The van der Waals surface area contributed by atoms with Gasteiger partial charge in [0.15, 0.2) is 5.82 Å². The van der Waals surface area contributed by atoms with Crippen LogP contribution in [0.25, 0.3) is 0 Å². The van der Waals surface area contributed by atoms with Crippen molar-refractivity contribution in [3.8, 4) is 0 Å². The molecule has 5 nitrogen and oxygen atoms in total. The minimum absolute atomic E-state index is 0.317. The van der Waals surface area contributed by atoms with Crippen LogP contribution in [0.1, 0.15) is 19.7 Å². The van der Waals surface area contributed by atoms with E-state index in [1.807, 2.05) is 20.9 Å². The van der Waals surface area contributed by atoms with Gasteiger partial charge in [-0.25, -0.2) is 0 Å². The van der Waals surface area contributed by atoms with Gasteiger partial charge in [0.1, 0.15) is 0 Å². The third-order valence-electron chi connectivity index (χ3n) is 1.48. The Hall–Kier alpha value is -1.10. The molecule has 0 saturated carbocycles. The average Bonchev–Trinajstić information content (AvgIpc) is 2.48. The van der Waals surface area contributed by atoms with Crippen molar-refractivity contribution in [1.82, 2.24) is 15.5 Å². The van der Waals surface area contributed by atoms with E-state index in [1.165, 1.54) is 0 Å². The van der Waals surface area contributed by atoms with Gasteiger partial charge in [0, 0.05) is 19.0 Å². The van der Waals surface area contributed by atoms with Gasteiger partial charge in [0.2, 0.25) is 0 Å². The van der Waals surface area contributed by atoms with Gasteiger partial charge in [-0.1, -0.05) is 5.16 Å². The first-order valence-electron chi connectivity index (χ1n) is 4.46. The molecule has 0 atom stereocenters. The zero-order valence-electron chi connectivity index (χ0n) is 8.29. The van der Waals surface area contributed by atoms with Crippen molar-refractivity contribution in [1.29, 1.82) is 0 Å². The lowest BCUT2D eigenvalue weighted by Gasteiger charge is -2.01. The molecule has 1 rings (SSSR count). The standard InChI is InChI=1S/C8H16N4O/c1-6(2)10-8-11-7(12-13-8)4-5-9-3/h6,9H,4-5H2,1-3H3,(H,10,11,12). The summed E-state index contributed by atoms with van der Waals surface area (Å²) >= 11 is 0. The molecule has 0 aliphatic heterocycles. The maximum absolute atomic E-state index is 4.97. The molecule has 0 unspecified atom stereocenters. The molecule has 74 valence electrons. The molecule has 5 heteroatoms. The van der Waals surface area contributed by atoms with Crippen LogP contribution >= 0.6 is 0 Å². The van der Waals surface area contributed by atoms with Crippen molar-refractivity contribution in [2.24, 2.45) is 0 Å². The summed E-state index contributed by atoms with van der Waals surface area (Å²) in [5.41, 5.74) is 0. The summed E-state index contributed by atoms with van der Waals surface area (Å²) in [7, 11) is 1.90. The summed E-state index contributed by atoms with van der Waals surface area (Å²) in [5, 5.41) is 9.88. The number of aromatic nitrogens is 2. The van der Waals surface area contributed by atoms with Crippen molar-refractivity contribution in [2.75, 3.05) is 18.9 Å². The van der Waals surface area contributed by atoms with Crippen LogP contribution in [0.3, 0.4) is 0 Å². The zero-order chi connectivity index (χ0) is 9.68. The van der Waals surface area contributed by atoms with Crippen LogP contribution in [0.4, 0.5) is 6.01 Å². The lowest BCUT2D eigenvalue weighted by atomic mass is 10.4. The van der Waals surface area contributed by atoms with Crippen molar-refractivity contribution < 1.29 is 4.52 Å². The molecular formula is C8H16N4O. The number of rotatable bonds is 5. The van der Waals surface area contributed by atoms with E-state index in [1.54, 1.807) is 0 Å². The number of hydrogen-bond acceptors (Lipinski definition) is 5. The molecule has 0 fully saturated rings. The predicted molar refractivity (Wildman–Crippen MR) is 50.7 cm³/mol. The summed E-state index contributed by atoms with van der Waals surface area (Å²) in [5.74, 6) is 0.734. The lowest BCUT2D eigenvalue weighted by Crippen LogP contribution is -2.12. The van der Waals surface area contributed by atoms with Crippen LogP contribution < -0.4 is 10.6 Å². The Kier molecular flexibility index (Phi) is 3.70. The molecule has 0 bridgehead atoms. The fraction of sp³-hybridized carbons (Fsp3) is 0.750. The van der Waals surface area contributed by atoms with E-state index in [9.17, 15) is 0 Å². The van der Waals surface area contributed by atoms with Gasteiger partial charge in [0.05, 0.1) is 0 Å². The highest BCUT2D eigenvalue weighted by molar-refractivity contribution is 5.19. The van der Waals surface area contributed by atoms with Gasteiger partial charge < -0.3 is 15.2 Å². The van der Waals surface area contributed by atoms with E-state index in [2.05, 4.69) is 20.8 Å². The minimum Gasteiger partial charge on any atom is -0.336 e. The number of anilines is 1. The van der Waals surface area contributed by atoms with Crippen molar-refractivity contribution in [2.45, 2.75) is 26.3 Å². The SMILES string of the molecule is CNCCc1noc(NC(C)C)n1. The quantitative estimate of drug-likeness (QED) is 0.703. The summed E-state index contributed by atoms with van der Waals surface area (Å²) < 4.78 is 4.97. The highest BCUT2D eigenvalue weighted by Crippen LogP contribution is 2.04. The largest absolute Gasteiger partial charge is 0.336 e. The maximum atomic E-state index is 4.97. The van der Waals surface area contributed by atoms with E-state index < -0.39 is 0 Å². The second-order valence-corrected chi connectivity index (χ2v) is 3.17. The number of likely N-dealkylation sites (N-methyl/N-ethyl adjacent to an activating group) is 1. The van der Waals surface area contributed by atoms with Crippen LogP contribution in [-0.2, 0) is 6.42 Å². The van der Waals surface area contributed by atoms with Crippen molar-refractivity contribution in [3.63, 3.8) is 0 Å². The Morgan fingerprint density at radius 2 is 2.23 bits per heavy atom. The van der Waals surface area contributed by atoms with Crippen LogP contribution in [-0.4, -0.2) is 29.8 Å². The highest BCUT2D eigenvalue weighted by Gasteiger charge is 2.05. The second kappa shape index (κ2) is 4.81. The molecule has 0 saturated heterocycles. The number of hydrogen-bond donors (Lipinski definition) is 2. The molecule has 0 amide bonds. The van der Waals surface area contributed by atoms with Crippen LogP contribution in [0.2, 0.25) is 0 Å². The van der Waals surface area contributed by atoms with Gasteiger partial charge in [-0.05, 0) is 20.9 Å². The molecule has 1 aromatic rings.